The summed E-state index contributed by atoms with van der Waals surface area (Å²) < 4.78 is 7.44. The van der Waals surface area contributed by atoms with Gasteiger partial charge in [-0.25, -0.2) is 4.79 Å². The van der Waals surface area contributed by atoms with E-state index in [0.29, 0.717) is 12.1 Å². The topological polar surface area (TPSA) is 68.5 Å². The maximum absolute atomic E-state index is 13.6. The SMILES string of the molecule is Cc1ccc(C(=O)c2c(C)n(Cc3ccc(C=CCO[C@H](C)C(=O)O)cc3)c3ccc(C)cc23)cc1. The van der Waals surface area contributed by atoms with Crippen LogP contribution in [0.1, 0.15) is 50.8 Å². The first kappa shape index (κ1) is 25.1. The normalized spacial score (nSPS) is 12.3. The average Bonchev–Trinajstić information content (AvgIpc) is 3.12. The van der Waals surface area contributed by atoms with Crippen LogP contribution in [0.25, 0.3) is 17.0 Å². The van der Waals surface area contributed by atoms with Gasteiger partial charge in [-0.1, -0.05) is 77.9 Å². The zero-order chi connectivity index (χ0) is 25.8. The van der Waals surface area contributed by atoms with E-state index in [9.17, 15) is 9.59 Å². The van der Waals surface area contributed by atoms with E-state index in [4.69, 9.17) is 9.84 Å². The summed E-state index contributed by atoms with van der Waals surface area (Å²) in [6, 6.07) is 22.2. The van der Waals surface area contributed by atoms with Gasteiger partial charge in [0.2, 0.25) is 0 Å². The monoisotopic (exact) mass is 481 g/mol. The van der Waals surface area contributed by atoms with Crippen LogP contribution in [0.2, 0.25) is 0 Å². The molecule has 3 aromatic carbocycles. The number of carbonyl (C=O) groups is 2. The molecule has 4 rings (SSSR count). The molecule has 0 bridgehead atoms. The second-order valence-corrected chi connectivity index (χ2v) is 9.22. The van der Waals surface area contributed by atoms with Gasteiger partial charge in [-0.15, -0.1) is 0 Å². The minimum Gasteiger partial charge on any atom is -0.479 e. The standard InChI is InChI=1S/C31H31NO4/c1-20-7-14-26(15-8-20)30(33)29-22(3)32(28-16-9-21(2)18-27(28)29)19-25-12-10-24(11-13-25)6-5-17-36-23(4)31(34)35/h5-16,18,23H,17,19H2,1-4H3,(H,34,35)/t23-/m1/s1. The maximum atomic E-state index is 13.6. The molecular weight excluding hydrogens is 450 g/mol. The molecule has 0 saturated carbocycles. The molecule has 0 spiro atoms. The van der Waals surface area contributed by atoms with Gasteiger partial charge in [-0.2, -0.15) is 0 Å². The van der Waals surface area contributed by atoms with Gasteiger partial charge in [0.05, 0.1) is 12.2 Å². The van der Waals surface area contributed by atoms with E-state index in [-0.39, 0.29) is 12.4 Å². The second kappa shape index (κ2) is 10.8. The summed E-state index contributed by atoms with van der Waals surface area (Å²) >= 11 is 0. The third-order valence-electron chi connectivity index (χ3n) is 6.44. The number of rotatable bonds is 9. The Morgan fingerprint density at radius 3 is 2.28 bits per heavy atom. The molecule has 0 fully saturated rings. The summed E-state index contributed by atoms with van der Waals surface area (Å²) in [6.07, 6.45) is 2.89. The minimum atomic E-state index is -0.973. The van der Waals surface area contributed by atoms with Crippen molar-refractivity contribution in [2.45, 2.75) is 40.3 Å². The maximum Gasteiger partial charge on any atom is 0.332 e. The molecule has 1 heterocycles. The fourth-order valence-corrected chi connectivity index (χ4v) is 4.31. The van der Waals surface area contributed by atoms with Crippen LogP contribution in [0.15, 0.2) is 72.8 Å². The first-order valence-electron chi connectivity index (χ1n) is 12.1. The van der Waals surface area contributed by atoms with Gasteiger partial charge in [-0.05, 0) is 51.0 Å². The van der Waals surface area contributed by atoms with Crippen LogP contribution in [0.3, 0.4) is 0 Å². The van der Waals surface area contributed by atoms with Crippen molar-refractivity contribution in [2.24, 2.45) is 0 Å². The summed E-state index contributed by atoms with van der Waals surface area (Å²) in [5.41, 5.74) is 7.83. The number of ketones is 1. The van der Waals surface area contributed by atoms with Gasteiger partial charge < -0.3 is 14.4 Å². The fraction of sp³-hybridized carbons (Fsp3) is 0.226. The summed E-state index contributed by atoms with van der Waals surface area (Å²) in [5, 5.41) is 9.86. The van der Waals surface area contributed by atoms with E-state index < -0.39 is 12.1 Å². The van der Waals surface area contributed by atoms with Gasteiger partial charge in [0.25, 0.3) is 0 Å². The van der Waals surface area contributed by atoms with E-state index in [1.54, 1.807) is 0 Å². The van der Waals surface area contributed by atoms with Gasteiger partial charge in [0.1, 0.15) is 0 Å². The number of nitrogens with zero attached hydrogens (tertiary/aromatic N) is 1. The fourth-order valence-electron chi connectivity index (χ4n) is 4.31. The van der Waals surface area contributed by atoms with Crippen molar-refractivity contribution in [3.63, 3.8) is 0 Å². The Morgan fingerprint density at radius 2 is 1.61 bits per heavy atom. The van der Waals surface area contributed by atoms with Gasteiger partial charge in [0.15, 0.2) is 11.9 Å². The third kappa shape index (κ3) is 5.47. The second-order valence-electron chi connectivity index (χ2n) is 9.22. The Morgan fingerprint density at radius 1 is 0.944 bits per heavy atom. The summed E-state index contributed by atoms with van der Waals surface area (Å²) in [6.45, 7) is 8.48. The molecule has 0 radical (unpaired) electrons. The highest BCUT2D eigenvalue weighted by molar-refractivity contribution is 6.17. The molecular formula is C31H31NO4. The smallest absolute Gasteiger partial charge is 0.332 e. The highest BCUT2D eigenvalue weighted by atomic mass is 16.5. The average molecular weight is 482 g/mol. The van der Waals surface area contributed by atoms with Crippen LogP contribution in [0, 0.1) is 20.8 Å². The molecule has 1 aromatic heterocycles. The number of hydrogen-bond donors (Lipinski definition) is 1. The number of ether oxygens (including phenoxy) is 1. The van der Waals surface area contributed by atoms with Gasteiger partial charge >= 0.3 is 5.97 Å². The molecule has 184 valence electrons. The molecule has 5 heteroatoms. The molecule has 0 aliphatic rings. The number of aryl methyl sites for hydroxylation is 2. The predicted molar refractivity (Wildman–Crippen MR) is 144 cm³/mol. The number of aromatic nitrogens is 1. The third-order valence-corrected chi connectivity index (χ3v) is 6.44. The highest BCUT2D eigenvalue weighted by Crippen LogP contribution is 2.30. The zero-order valence-electron chi connectivity index (χ0n) is 21.1. The number of aliphatic carboxylic acids is 1. The number of fused-ring (bicyclic) bond motifs is 1. The van der Waals surface area contributed by atoms with Crippen LogP contribution >= 0.6 is 0 Å². The van der Waals surface area contributed by atoms with Crippen LogP contribution in [-0.4, -0.2) is 34.1 Å². The van der Waals surface area contributed by atoms with Crippen molar-refractivity contribution in [1.82, 2.24) is 4.57 Å². The van der Waals surface area contributed by atoms with Crippen molar-refractivity contribution in [3.8, 4) is 0 Å². The molecule has 4 aromatic rings. The molecule has 1 N–H and O–H groups in total. The molecule has 1 atom stereocenters. The Bertz CT molecular complexity index is 1430. The number of carboxylic acid groups (broad SMARTS) is 1. The Hall–Kier alpha value is -3.96. The number of carboxylic acids is 1. The Balaban J connectivity index is 1.59. The predicted octanol–water partition coefficient (Wildman–Crippen LogP) is 6.35. The molecule has 0 unspecified atom stereocenters. The zero-order valence-corrected chi connectivity index (χ0v) is 21.1. The van der Waals surface area contributed by atoms with E-state index in [2.05, 4.69) is 34.9 Å². The summed E-state index contributed by atoms with van der Waals surface area (Å²) in [4.78, 5) is 24.4. The Labute approximate surface area is 211 Å². The first-order valence-corrected chi connectivity index (χ1v) is 12.1. The van der Waals surface area contributed by atoms with E-state index in [1.807, 2.05) is 69.3 Å². The molecule has 0 amide bonds. The number of benzene rings is 3. The largest absolute Gasteiger partial charge is 0.479 e. The van der Waals surface area contributed by atoms with Crippen molar-refractivity contribution in [3.05, 3.63) is 112 Å². The van der Waals surface area contributed by atoms with Crippen molar-refractivity contribution in [2.75, 3.05) is 6.61 Å². The molecule has 0 aliphatic carbocycles. The van der Waals surface area contributed by atoms with Crippen LogP contribution in [-0.2, 0) is 16.1 Å². The number of hydrogen-bond acceptors (Lipinski definition) is 3. The molecule has 5 nitrogen and oxygen atoms in total. The molecule has 0 aliphatic heterocycles. The highest BCUT2D eigenvalue weighted by Gasteiger charge is 2.21. The minimum absolute atomic E-state index is 0.0433. The lowest BCUT2D eigenvalue weighted by Crippen LogP contribution is -2.19. The van der Waals surface area contributed by atoms with Crippen LogP contribution in [0.4, 0.5) is 0 Å². The van der Waals surface area contributed by atoms with E-state index in [1.165, 1.54) is 6.92 Å². The van der Waals surface area contributed by atoms with Crippen molar-refractivity contribution < 1.29 is 19.4 Å². The molecule has 0 saturated heterocycles. The lowest BCUT2D eigenvalue weighted by molar-refractivity contribution is -0.148. The number of carbonyl (C=O) groups excluding carboxylic acids is 1. The summed E-state index contributed by atoms with van der Waals surface area (Å²) in [5.74, 6) is -0.929. The lowest BCUT2D eigenvalue weighted by atomic mass is 9.99. The first-order chi connectivity index (χ1) is 17.2. The van der Waals surface area contributed by atoms with Crippen molar-refractivity contribution in [1.29, 1.82) is 0 Å². The van der Waals surface area contributed by atoms with Gasteiger partial charge in [-0.3, -0.25) is 4.79 Å². The van der Waals surface area contributed by atoms with Crippen LogP contribution < -0.4 is 0 Å². The van der Waals surface area contributed by atoms with Crippen molar-refractivity contribution >= 4 is 28.7 Å². The van der Waals surface area contributed by atoms with E-state index in [0.717, 1.165) is 44.4 Å². The van der Waals surface area contributed by atoms with Crippen LogP contribution in [0.5, 0.6) is 0 Å². The Kier molecular flexibility index (Phi) is 7.51. The van der Waals surface area contributed by atoms with Gasteiger partial charge in [0, 0.05) is 28.7 Å². The summed E-state index contributed by atoms with van der Waals surface area (Å²) in [7, 11) is 0. The molecule has 36 heavy (non-hydrogen) atoms. The quantitative estimate of drug-likeness (QED) is 0.283. The van der Waals surface area contributed by atoms with E-state index >= 15 is 0 Å². The lowest BCUT2D eigenvalue weighted by Gasteiger charge is -2.10.